The van der Waals surface area contributed by atoms with Crippen molar-refractivity contribution in [3.63, 3.8) is 0 Å². The Kier molecular flexibility index (Phi) is 5.54. The summed E-state index contributed by atoms with van der Waals surface area (Å²) in [5.41, 5.74) is 0.216. The molecule has 0 aliphatic rings. The largest absolute Gasteiger partial charge is 0.504 e. The van der Waals surface area contributed by atoms with Crippen molar-refractivity contribution in [1.29, 1.82) is 0 Å². The van der Waals surface area contributed by atoms with Crippen LogP contribution in [-0.4, -0.2) is 23.4 Å². The van der Waals surface area contributed by atoms with E-state index in [1.807, 2.05) is 34.6 Å². The monoisotopic (exact) mass is 282 g/mol. The lowest BCUT2D eigenvalue weighted by Gasteiger charge is -2.26. The zero-order valence-electron chi connectivity index (χ0n) is 13.1. The summed E-state index contributed by atoms with van der Waals surface area (Å²) in [7, 11) is 0. The summed E-state index contributed by atoms with van der Waals surface area (Å²) in [6, 6.07) is 1.42. The first-order valence-corrected chi connectivity index (χ1v) is 7.17. The summed E-state index contributed by atoms with van der Waals surface area (Å²) in [5, 5.41) is 20.1. The summed E-state index contributed by atoms with van der Waals surface area (Å²) in [4.78, 5) is 0. The highest BCUT2D eigenvalue weighted by Crippen LogP contribution is 2.48. The van der Waals surface area contributed by atoms with E-state index in [1.165, 1.54) is 6.07 Å². The number of phenolic OH excluding ortho intramolecular Hbond substituents is 2. The van der Waals surface area contributed by atoms with E-state index in [4.69, 9.17) is 9.47 Å². The first-order valence-electron chi connectivity index (χ1n) is 7.17. The van der Waals surface area contributed by atoms with E-state index in [0.29, 0.717) is 30.3 Å². The quantitative estimate of drug-likeness (QED) is 0.775. The lowest BCUT2D eigenvalue weighted by Crippen LogP contribution is -2.15. The molecule has 0 radical (unpaired) electrons. The molecule has 0 spiro atoms. The van der Waals surface area contributed by atoms with Crippen LogP contribution in [0.1, 0.15) is 53.0 Å². The van der Waals surface area contributed by atoms with E-state index >= 15 is 0 Å². The molecule has 4 nitrogen and oxygen atoms in total. The molecule has 0 unspecified atom stereocenters. The van der Waals surface area contributed by atoms with Crippen molar-refractivity contribution >= 4 is 0 Å². The van der Waals surface area contributed by atoms with Gasteiger partial charge in [0.2, 0.25) is 0 Å². The van der Waals surface area contributed by atoms with E-state index in [-0.39, 0.29) is 16.9 Å². The molecule has 0 aliphatic heterocycles. The molecule has 0 saturated heterocycles. The SMILES string of the molecule is CCCOc1cc(O)c(O)c(C(C)(C)C)c1OCCC. The molecule has 0 amide bonds. The summed E-state index contributed by atoms with van der Waals surface area (Å²) in [6.07, 6.45) is 1.72. The highest BCUT2D eigenvalue weighted by Gasteiger charge is 2.29. The highest BCUT2D eigenvalue weighted by atomic mass is 16.5. The molecule has 20 heavy (non-hydrogen) atoms. The summed E-state index contributed by atoms with van der Waals surface area (Å²) in [6.45, 7) is 11.0. The number of hydrogen-bond donors (Lipinski definition) is 2. The van der Waals surface area contributed by atoms with E-state index < -0.39 is 0 Å². The Balaban J connectivity index is 3.39. The van der Waals surface area contributed by atoms with Gasteiger partial charge >= 0.3 is 0 Å². The molecule has 1 aromatic carbocycles. The predicted octanol–water partition coefficient (Wildman–Crippen LogP) is 3.97. The molecule has 1 rings (SSSR count). The van der Waals surface area contributed by atoms with Gasteiger partial charge in [0.05, 0.1) is 13.2 Å². The average Bonchev–Trinajstić information content (AvgIpc) is 2.36. The molecule has 114 valence electrons. The molecular weight excluding hydrogens is 256 g/mol. The van der Waals surface area contributed by atoms with E-state index in [1.54, 1.807) is 0 Å². The van der Waals surface area contributed by atoms with Crippen molar-refractivity contribution in [2.24, 2.45) is 0 Å². The molecule has 0 bridgehead atoms. The number of phenols is 2. The van der Waals surface area contributed by atoms with Crippen LogP contribution in [0, 0.1) is 0 Å². The third kappa shape index (κ3) is 3.71. The van der Waals surface area contributed by atoms with Crippen molar-refractivity contribution in [3.05, 3.63) is 11.6 Å². The Morgan fingerprint density at radius 3 is 2.05 bits per heavy atom. The van der Waals surface area contributed by atoms with Crippen molar-refractivity contribution in [3.8, 4) is 23.0 Å². The third-order valence-electron chi connectivity index (χ3n) is 2.86. The Labute approximate surface area is 121 Å². The van der Waals surface area contributed by atoms with Crippen LogP contribution in [0.5, 0.6) is 23.0 Å². The van der Waals surface area contributed by atoms with E-state index in [2.05, 4.69) is 0 Å². The smallest absolute Gasteiger partial charge is 0.168 e. The lowest BCUT2D eigenvalue weighted by molar-refractivity contribution is 0.257. The van der Waals surface area contributed by atoms with E-state index in [0.717, 1.165) is 12.8 Å². The zero-order chi connectivity index (χ0) is 15.3. The maximum atomic E-state index is 10.2. The van der Waals surface area contributed by atoms with Gasteiger partial charge in [0, 0.05) is 11.6 Å². The summed E-state index contributed by atoms with van der Waals surface area (Å²) < 4.78 is 11.4. The minimum Gasteiger partial charge on any atom is -0.504 e. The van der Waals surface area contributed by atoms with Crippen LogP contribution in [0.15, 0.2) is 6.07 Å². The number of ether oxygens (including phenoxy) is 2. The fourth-order valence-corrected chi connectivity index (χ4v) is 1.98. The van der Waals surface area contributed by atoms with Gasteiger partial charge in [-0.2, -0.15) is 0 Å². The Morgan fingerprint density at radius 1 is 1.00 bits per heavy atom. The summed E-state index contributed by atoms with van der Waals surface area (Å²) >= 11 is 0. The highest BCUT2D eigenvalue weighted by molar-refractivity contribution is 5.62. The maximum absolute atomic E-state index is 10.2. The molecule has 2 N–H and O–H groups in total. The molecule has 4 heteroatoms. The van der Waals surface area contributed by atoms with Gasteiger partial charge in [-0.15, -0.1) is 0 Å². The Hall–Kier alpha value is -1.58. The van der Waals surface area contributed by atoms with Gasteiger partial charge in [-0.3, -0.25) is 0 Å². The van der Waals surface area contributed by atoms with Crippen LogP contribution >= 0.6 is 0 Å². The summed E-state index contributed by atoms with van der Waals surface area (Å²) in [5.74, 6) is 0.709. The second-order valence-corrected chi connectivity index (χ2v) is 5.89. The van der Waals surface area contributed by atoms with Gasteiger partial charge in [-0.25, -0.2) is 0 Å². The van der Waals surface area contributed by atoms with Crippen LogP contribution in [0.3, 0.4) is 0 Å². The number of aromatic hydroxyl groups is 2. The van der Waals surface area contributed by atoms with Gasteiger partial charge in [-0.05, 0) is 18.3 Å². The first kappa shape index (κ1) is 16.5. The lowest BCUT2D eigenvalue weighted by atomic mass is 9.85. The van der Waals surface area contributed by atoms with Crippen LogP contribution < -0.4 is 9.47 Å². The second kappa shape index (κ2) is 6.73. The van der Waals surface area contributed by atoms with Gasteiger partial charge in [-0.1, -0.05) is 34.6 Å². The van der Waals surface area contributed by atoms with Gasteiger partial charge in [0.25, 0.3) is 0 Å². The Morgan fingerprint density at radius 2 is 1.55 bits per heavy atom. The number of hydrogen-bond acceptors (Lipinski definition) is 4. The topological polar surface area (TPSA) is 58.9 Å². The van der Waals surface area contributed by atoms with Gasteiger partial charge in [0.15, 0.2) is 23.0 Å². The van der Waals surface area contributed by atoms with Crippen LogP contribution in [0.2, 0.25) is 0 Å². The van der Waals surface area contributed by atoms with Crippen LogP contribution in [-0.2, 0) is 5.41 Å². The average molecular weight is 282 g/mol. The predicted molar refractivity (Wildman–Crippen MR) is 80.0 cm³/mol. The van der Waals surface area contributed by atoms with Crippen molar-refractivity contribution in [1.82, 2.24) is 0 Å². The van der Waals surface area contributed by atoms with E-state index in [9.17, 15) is 10.2 Å². The van der Waals surface area contributed by atoms with Gasteiger partial charge in [0.1, 0.15) is 0 Å². The molecule has 1 aromatic rings. The molecule has 0 fully saturated rings. The fraction of sp³-hybridized carbons (Fsp3) is 0.625. The Bertz CT molecular complexity index is 447. The molecule has 0 heterocycles. The molecule has 0 aromatic heterocycles. The van der Waals surface area contributed by atoms with Crippen molar-refractivity contribution in [2.75, 3.05) is 13.2 Å². The normalized spacial score (nSPS) is 11.4. The van der Waals surface area contributed by atoms with Crippen molar-refractivity contribution in [2.45, 2.75) is 52.9 Å². The fourth-order valence-electron chi connectivity index (χ4n) is 1.98. The number of rotatable bonds is 6. The van der Waals surface area contributed by atoms with Gasteiger partial charge < -0.3 is 19.7 Å². The third-order valence-corrected chi connectivity index (χ3v) is 2.86. The standard InChI is InChI=1S/C16H26O4/c1-6-8-19-12-10-11(17)14(18)13(16(3,4)5)15(12)20-9-7-2/h10,17-18H,6-9H2,1-5H3. The maximum Gasteiger partial charge on any atom is 0.168 e. The van der Waals surface area contributed by atoms with Crippen LogP contribution in [0.4, 0.5) is 0 Å². The molecule has 0 atom stereocenters. The first-order chi connectivity index (χ1) is 9.32. The number of benzene rings is 1. The minimum atomic E-state index is -0.365. The second-order valence-electron chi connectivity index (χ2n) is 5.89. The zero-order valence-corrected chi connectivity index (χ0v) is 13.1. The minimum absolute atomic E-state index is 0.132. The molecule has 0 aliphatic carbocycles. The molecular formula is C16H26O4. The molecule has 0 saturated carbocycles. The van der Waals surface area contributed by atoms with Crippen LogP contribution in [0.25, 0.3) is 0 Å². The van der Waals surface area contributed by atoms with Crippen molar-refractivity contribution < 1.29 is 19.7 Å².